The lowest BCUT2D eigenvalue weighted by molar-refractivity contribution is -0.142. The summed E-state index contributed by atoms with van der Waals surface area (Å²) in [4.78, 5) is 36.0. The highest BCUT2D eigenvalue weighted by Crippen LogP contribution is 2.29. The van der Waals surface area contributed by atoms with Crippen LogP contribution in [0, 0.1) is 0 Å². The van der Waals surface area contributed by atoms with Crippen molar-refractivity contribution in [2.24, 2.45) is 0 Å². The second-order valence-corrected chi connectivity index (χ2v) is 6.00. The Hall–Kier alpha value is -2.37. The fraction of sp³-hybridized carbons (Fsp3) is 0.471. The van der Waals surface area contributed by atoms with Crippen LogP contribution in [-0.4, -0.2) is 34.5 Å². The summed E-state index contributed by atoms with van der Waals surface area (Å²) < 4.78 is 0. The Kier molecular flexibility index (Phi) is 5.36. The minimum atomic E-state index is -1.10. The number of carbonyl (C=O) groups is 3. The smallest absolute Gasteiger partial charge is 0.325 e. The van der Waals surface area contributed by atoms with Gasteiger partial charge in [0.15, 0.2) is 0 Å². The van der Waals surface area contributed by atoms with E-state index >= 15 is 0 Å². The summed E-state index contributed by atoms with van der Waals surface area (Å²) in [5, 5.41) is 14.3. The van der Waals surface area contributed by atoms with E-state index in [0.29, 0.717) is 18.4 Å². The van der Waals surface area contributed by atoms with Crippen LogP contribution >= 0.6 is 0 Å². The van der Waals surface area contributed by atoms with Gasteiger partial charge in [-0.2, -0.15) is 0 Å². The maximum Gasteiger partial charge on any atom is 0.325 e. The molecule has 0 bridgehead atoms. The molecule has 2 rings (SSSR count). The van der Waals surface area contributed by atoms with Crippen molar-refractivity contribution in [1.82, 2.24) is 10.6 Å². The summed E-state index contributed by atoms with van der Waals surface area (Å²) in [6.07, 6.45) is 3.69. The Balaban J connectivity index is 2.17. The lowest BCUT2D eigenvalue weighted by atomic mass is 9.80. The van der Waals surface area contributed by atoms with E-state index in [1.54, 1.807) is 24.3 Å². The van der Waals surface area contributed by atoms with E-state index in [0.717, 1.165) is 19.3 Å². The van der Waals surface area contributed by atoms with Crippen molar-refractivity contribution in [1.29, 1.82) is 0 Å². The van der Waals surface area contributed by atoms with Crippen LogP contribution in [0.25, 0.3) is 0 Å². The van der Waals surface area contributed by atoms with Gasteiger partial charge >= 0.3 is 5.97 Å². The Labute approximate surface area is 135 Å². The van der Waals surface area contributed by atoms with E-state index in [-0.39, 0.29) is 5.91 Å². The first-order chi connectivity index (χ1) is 10.9. The number of amides is 2. The predicted octanol–water partition coefficient (Wildman–Crippen LogP) is 1.71. The highest BCUT2D eigenvalue weighted by molar-refractivity contribution is 6.00. The van der Waals surface area contributed by atoms with Crippen LogP contribution in [-0.2, 0) is 9.59 Å². The number of hydrogen-bond acceptors (Lipinski definition) is 3. The van der Waals surface area contributed by atoms with E-state index in [4.69, 9.17) is 5.11 Å². The SMILES string of the molecule is CC(NC(=O)C1(NC(=O)c2ccccc2)CCCCC1)C(=O)O. The third-order valence-electron chi connectivity index (χ3n) is 4.25. The zero-order valence-corrected chi connectivity index (χ0v) is 13.2. The number of nitrogens with one attached hydrogen (secondary N) is 2. The minimum absolute atomic E-state index is 0.314. The topological polar surface area (TPSA) is 95.5 Å². The quantitative estimate of drug-likeness (QED) is 0.770. The van der Waals surface area contributed by atoms with Crippen molar-refractivity contribution >= 4 is 17.8 Å². The summed E-state index contributed by atoms with van der Waals surface area (Å²) >= 11 is 0. The molecule has 1 saturated carbocycles. The summed E-state index contributed by atoms with van der Waals surface area (Å²) in [6, 6.07) is 7.71. The van der Waals surface area contributed by atoms with Gasteiger partial charge in [-0.25, -0.2) is 0 Å². The van der Waals surface area contributed by atoms with E-state index < -0.39 is 23.5 Å². The molecule has 6 nitrogen and oxygen atoms in total. The van der Waals surface area contributed by atoms with Gasteiger partial charge in [0.1, 0.15) is 11.6 Å². The Morgan fingerprint density at radius 3 is 2.26 bits per heavy atom. The second-order valence-electron chi connectivity index (χ2n) is 6.00. The standard InChI is InChI=1S/C17H22N2O4/c1-12(15(21)22)18-16(23)17(10-6-3-7-11-17)19-14(20)13-8-4-2-5-9-13/h2,4-5,8-9,12H,3,6-7,10-11H2,1H3,(H,18,23)(H,19,20)(H,21,22). The number of carboxylic acids is 1. The number of carbonyl (C=O) groups excluding carboxylic acids is 2. The van der Waals surface area contributed by atoms with Crippen molar-refractivity contribution in [3.63, 3.8) is 0 Å². The molecule has 0 aromatic heterocycles. The van der Waals surface area contributed by atoms with E-state index in [1.807, 2.05) is 6.07 Å². The highest BCUT2D eigenvalue weighted by Gasteiger charge is 2.41. The number of carboxylic acid groups (broad SMARTS) is 1. The van der Waals surface area contributed by atoms with Gasteiger partial charge in [-0.3, -0.25) is 14.4 Å². The molecule has 1 aromatic carbocycles. The lowest BCUT2D eigenvalue weighted by Crippen LogP contribution is -2.61. The molecule has 6 heteroatoms. The predicted molar refractivity (Wildman–Crippen MR) is 85.0 cm³/mol. The monoisotopic (exact) mass is 318 g/mol. The van der Waals surface area contributed by atoms with Crippen molar-refractivity contribution in [3.8, 4) is 0 Å². The molecule has 124 valence electrons. The molecule has 0 radical (unpaired) electrons. The van der Waals surface area contributed by atoms with Crippen molar-refractivity contribution in [2.45, 2.75) is 50.6 Å². The first-order valence-corrected chi connectivity index (χ1v) is 7.86. The first kappa shape index (κ1) is 17.0. The van der Waals surface area contributed by atoms with Crippen LogP contribution in [0.2, 0.25) is 0 Å². The molecule has 1 atom stereocenters. The average molecular weight is 318 g/mol. The van der Waals surface area contributed by atoms with E-state index in [2.05, 4.69) is 10.6 Å². The number of hydrogen-bond donors (Lipinski definition) is 3. The summed E-state index contributed by atoms with van der Waals surface area (Å²) in [5.74, 6) is -1.83. The van der Waals surface area contributed by atoms with Crippen molar-refractivity contribution < 1.29 is 19.5 Å². The molecular formula is C17H22N2O4. The first-order valence-electron chi connectivity index (χ1n) is 7.86. The second kappa shape index (κ2) is 7.26. The molecular weight excluding hydrogens is 296 g/mol. The van der Waals surface area contributed by atoms with Gasteiger partial charge in [0.05, 0.1) is 0 Å². The van der Waals surface area contributed by atoms with Crippen molar-refractivity contribution in [2.75, 3.05) is 0 Å². The van der Waals surface area contributed by atoms with Crippen LogP contribution in [0.4, 0.5) is 0 Å². The molecule has 0 spiro atoms. The van der Waals surface area contributed by atoms with Gasteiger partial charge in [-0.05, 0) is 31.9 Å². The van der Waals surface area contributed by atoms with Crippen LogP contribution in [0.3, 0.4) is 0 Å². The van der Waals surface area contributed by atoms with Crippen LogP contribution in [0.1, 0.15) is 49.4 Å². The molecule has 1 aliphatic rings. The molecule has 0 saturated heterocycles. The van der Waals surface area contributed by atoms with Gasteiger partial charge in [0, 0.05) is 5.56 Å². The molecule has 1 aromatic rings. The molecule has 0 heterocycles. The normalized spacial score (nSPS) is 17.8. The molecule has 1 fully saturated rings. The highest BCUT2D eigenvalue weighted by atomic mass is 16.4. The largest absolute Gasteiger partial charge is 0.480 e. The van der Waals surface area contributed by atoms with Crippen LogP contribution < -0.4 is 10.6 Å². The fourth-order valence-corrected chi connectivity index (χ4v) is 2.84. The molecule has 1 unspecified atom stereocenters. The number of aliphatic carboxylic acids is 1. The molecule has 0 aliphatic heterocycles. The number of rotatable bonds is 5. The Morgan fingerprint density at radius 2 is 1.70 bits per heavy atom. The van der Waals surface area contributed by atoms with E-state index in [1.165, 1.54) is 6.92 Å². The van der Waals surface area contributed by atoms with E-state index in [9.17, 15) is 14.4 Å². The maximum absolute atomic E-state index is 12.6. The molecule has 3 N–H and O–H groups in total. The Bertz CT molecular complexity index is 580. The summed E-state index contributed by atoms with van der Waals surface area (Å²) in [6.45, 7) is 1.41. The maximum atomic E-state index is 12.6. The third kappa shape index (κ3) is 4.09. The molecule has 2 amide bonds. The number of benzene rings is 1. The van der Waals surface area contributed by atoms with Gasteiger partial charge in [-0.15, -0.1) is 0 Å². The Morgan fingerprint density at radius 1 is 1.09 bits per heavy atom. The molecule has 1 aliphatic carbocycles. The summed E-state index contributed by atoms with van der Waals surface area (Å²) in [5.41, 5.74) is -0.550. The average Bonchev–Trinajstić information content (AvgIpc) is 2.56. The zero-order chi connectivity index (χ0) is 16.9. The van der Waals surface area contributed by atoms with Crippen molar-refractivity contribution in [3.05, 3.63) is 35.9 Å². The van der Waals surface area contributed by atoms with Gasteiger partial charge < -0.3 is 15.7 Å². The van der Waals surface area contributed by atoms with Gasteiger partial charge in [0.25, 0.3) is 5.91 Å². The van der Waals surface area contributed by atoms with Gasteiger partial charge in [0.2, 0.25) is 5.91 Å². The lowest BCUT2D eigenvalue weighted by Gasteiger charge is -2.37. The molecule has 23 heavy (non-hydrogen) atoms. The minimum Gasteiger partial charge on any atom is -0.480 e. The zero-order valence-electron chi connectivity index (χ0n) is 13.2. The van der Waals surface area contributed by atoms with Gasteiger partial charge in [-0.1, -0.05) is 37.5 Å². The van der Waals surface area contributed by atoms with Crippen LogP contribution in [0.5, 0.6) is 0 Å². The van der Waals surface area contributed by atoms with Crippen LogP contribution in [0.15, 0.2) is 30.3 Å². The third-order valence-corrected chi connectivity index (χ3v) is 4.25. The summed E-state index contributed by atoms with van der Waals surface area (Å²) in [7, 11) is 0. The fourth-order valence-electron chi connectivity index (χ4n) is 2.84.